The highest BCUT2D eigenvalue weighted by Crippen LogP contribution is 2.28. The molecule has 6 nitrogen and oxygen atoms in total. The van der Waals surface area contributed by atoms with E-state index >= 15 is 0 Å². The quantitative estimate of drug-likeness (QED) is 0.833. The van der Waals surface area contributed by atoms with E-state index in [0.29, 0.717) is 17.8 Å². The van der Waals surface area contributed by atoms with E-state index in [2.05, 4.69) is 10.6 Å². The van der Waals surface area contributed by atoms with Crippen molar-refractivity contribution in [1.82, 2.24) is 5.32 Å². The largest absolute Gasteiger partial charge is 0.352 e. The minimum atomic E-state index is -0.596. The summed E-state index contributed by atoms with van der Waals surface area (Å²) in [5.74, 6) is -1.93. The van der Waals surface area contributed by atoms with Crippen molar-refractivity contribution in [2.75, 3.05) is 23.3 Å². The van der Waals surface area contributed by atoms with Gasteiger partial charge >= 0.3 is 0 Å². The molecule has 1 unspecified atom stereocenters. The molecule has 1 heterocycles. The van der Waals surface area contributed by atoms with Crippen LogP contribution in [0.2, 0.25) is 0 Å². The van der Waals surface area contributed by atoms with Crippen molar-refractivity contribution in [2.24, 2.45) is 5.92 Å². The molecule has 0 saturated carbocycles. The lowest BCUT2D eigenvalue weighted by atomic mass is 10.1. The smallest absolute Gasteiger partial charge is 0.251 e. The monoisotopic (exact) mass is 383 g/mol. The van der Waals surface area contributed by atoms with E-state index in [1.54, 1.807) is 43.3 Å². The summed E-state index contributed by atoms with van der Waals surface area (Å²) in [5.41, 5.74) is 1.85. The molecule has 1 atom stereocenters. The van der Waals surface area contributed by atoms with Gasteiger partial charge in [0.25, 0.3) is 5.91 Å². The SMILES string of the molecule is CCNC(=O)c1cccc(NC(=O)C2CC(=O)N(c3ccc(C)cc3F)C2)c1. The fourth-order valence-electron chi connectivity index (χ4n) is 3.19. The molecule has 3 amide bonds. The fourth-order valence-corrected chi connectivity index (χ4v) is 3.19. The van der Waals surface area contributed by atoms with Crippen LogP contribution in [0.25, 0.3) is 0 Å². The van der Waals surface area contributed by atoms with E-state index < -0.39 is 11.7 Å². The number of carbonyl (C=O) groups excluding carboxylic acids is 3. The molecule has 1 aliphatic rings. The molecule has 146 valence electrons. The highest BCUT2D eigenvalue weighted by molar-refractivity contribution is 6.04. The van der Waals surface area contributed by atoms with Crippen LogP contribution in [-0.2, 0) is 9.59 Å². The number of amides is 3. The van der Waals surface area contributed by atoms with Gasteiger partial charge < -0.3 is 15.5 Å². The van der Waals surface area contributed by atoms with E-state index in [4.69, 9.17) is 0 Å². The number of hydrogen-bond acceptors (Lipinski definition) is 3. The molecule has 0 bridgehead atoms. The highest BCUT2D eigenvalue weighted by atomic mass is 19.1. The Hall–Kier alpha value is -3.22. The molecule has 7 heteroatoms. The van der Waals surface area contributed by atoms with Crippen molar-refractivity contribution >= 4 is 29.1 Å². The van der Waals surface area contributed by atoms with Gasteiger partial charge in [-0.1, -0.05) is 12.1 Å². The normalized spacial score (nSPS) is 16.2. The Kier molecular flexibility index (Phi) is 5.73. The van der Waals surface area contributed by atoms with Crippen LogP contribution in [0, 0.1) is 18.7 Å². The van der Waals surface area contributed by atoms with Crippen molar-refractivity contribution < 1.29 is 18.8 Å². The summed E-state index contributed by atoms with van der Waals surface area (Å²) in [5, 5.41) is 5.44. The maximum atomic E-state index is 14.2. The molecule has 0 spiro atoms. The number of halogens is 1. The molecule has 0 aliphatic carbocycles. The fraction of sp³-hybridized carbons (Fsp3) is 0.286. The lowest BCUT2D eigenvalue weighted by Gasteiger charge is -2.18. The minimum absolute atomic E-state index is 0.00909. The van der Waals surface area contributed by atoms with Crippen LogP contribution in [0.3, 0.4) is 0 Å². The van der Waals surface area contributed by atoms with Crippen molar-refractivity contribution in [1.29, 1.82) is 0 Å². The Labute approximate surface area is 162 Å². The predicted octanol–water partition coefficient (Wildman–Crippen LogP) is 2.88. The maximum absolute atomic E-state index is 14.2. The van der Waals surface area contributed by atoms with Crippen LogP contribution >= 0.6 is 0 Å². The van der Waals surface area contributed by atoms with E-state index in [9.17, 15) is 18.8 Å². The second-order valence-electron chi connectivity index (χ2n) is 6.79. The average Bonchev–Trinajstić information content (AvgIpc) is 3.04. The van der Waals surface area contributed by atoms with Gasteiger partial charge in [-0.2, -0.15) is 0 Å². The number of hydrogen-bond donors (Lipinski definition) is 2. The Balaban J connectivity index is 1.70. The van der Waals surface area contributed by atoms with Crippen LogP contribution in [0.1, 0.15) is 29.3 Å². The molecule has 3 rings (SSSR count). The number of benzene rings is 2. The third-order valence-corrected chi connectivity index (χ3v) is 4.62. The van der Waals surface area contributed by atoms with Gasteiger partial charge in [0.15, 0.2) is 0 Å². The molecule has 0 radical (unpaired) electrons. The Morgan fingerprint density at radius 2 is 2.00 bits per heavy atom. The van der Waals surface area contributed by atoms with Gasteiger partial charge in [0, 0.05) is 30.8 Å². The van der Waals surface area contributed by atoms with Crippen molar-refractivity contribution in [2.45, 2.75) is 20.3 Å². The van der Waals surface area contributed by atoms with Gasteiger partial charge in [0.1, 0.15) is 5.82 Å². The van der Waals surface area contributed by atoms with Crippen LogP contribution < -0.4 is 15.5 Å². The molecule has 1 saturated heterocycles. The third-order valence-electron chi connectivity index (χ3n) is 4.62. The summed E-state index contributed by atoms with van der Waals surface area (Å²) in [6.07, 6.45) is 0.00909. The minimum Gasteiger partial charge on any atom is -0.352 e. The number of aryl methyl sites for hydroxylation is 1. The van der Waals surface area contributed by atoms with Crippen LogP contribution in [0.15, 0.2) is 42.5 Å². The summed E-state index contributed by atoms with van der Waals surface area (Å²) in [4.78, 5) is 38.2. The molecule has 28 heavy (non-hydrogen) atoms. The highest BCUT2D eigenvalue weighted by Gasteiger charge is 2.36. The summed E-state index contributed by atoms with van der Waals surface area (Å²) in [7, 11) is 0. The molecule has 2 aromatic rings. The summed E-state index contributed by atoms with van der Waals surface area (Å²) < 4.78 is 14.2. The number of nitrogens with one attached hydrogen (secondary N) is 2. The lowest BCUT2D eigenvalue weighted by Crippen LogP contribution is -2.29. The van der Waals surface area contributed by atoms with Crippen molar-refractivity contribution in [3.63, 3.8) is 0 Å². The van der Waals surface area contributed by atoms with Gasteiger partial charge in [-0.3, -0.25) is 14.4 Å². The van der Waals surface area contributed by atoms with E-state index in [1.165, 1.54) is 11.0 Å². The molecule has 0 aromatic heterocycles. The van der Waals surface area contributed by atoms with E-state index in [1.807, 2.05) is 6.92 Å². The average molecular weight is 383 g/mol. The standard InChI is InChI=1S/C21H22FN3O3/c1-3-23-20(27)14-5-4-6-16(10-14)24-21(28)15-11-19(26)25(12-15)18-8-7-13(2)9-17(18)22/h4-10,15H,3,11-12H2,1-2H3,(H,23,27)(H,24,28). The first-order valence-electron chi connectivity index (χ1n) is 9.14. The first-order valence-corrected chi connectivity index (χ1v) is 9.14. The Morgan fingerprint density at radius 1 is 1.21 bits per heavy atom. The molecule has 1 fully saturated rings. The molecule has 2 N–H and O–H groups in total. The summed E-state index contributed by atoms with van der Waals surface area (Å²) in [6.45, 7) is 4.21. The van der Waals surface area contributed by atoms with Gasteiger partial charge in [0.05, 0.1) is 11.6 Å². The Bertz CT molecular complexity index is 929. The first-order chi connectivity index (χ1) is 13.4. The zero-order valence-electron chi connectivity index (χ0n) is 15.8. The molecule has 1 aliphatic heterocycles. The zero-order valence-corrected chi connectivity index (χ0v) is 15.8. The number of nitrogens with zero attached hydrogens (tertiary/aromatic N) is 1. The Morgan fingerprint density at radius 3 is 2.71 bits per heavy atom. The van der Waals surface area contributed by atoms with Gasteiger partial charge in [-0.15, -0.1) is 0 Å². The third kappa shape index (κ3) is 4.19. The number of anilines is 2. The number of carbonyl (C=O) groups is 3. The summed E-state index contributed by atoms with van der Waals surface area (Å²) in [6, 6.07) is 11.2. The van der Waals surface area contributed by atoms with Gasteiger partial charge in [-0.05, 0) is 49.7 Å². The summed E-state index contributed by atoms with van der Waals surface area (Å²) >= 11 is 0. The van der Waals surface area contributed by atoms with Crippen molar-refractivity contribution in [3.8, 4) is 0 Å². The second-order valence-corrected chi connectivity index (χ2v) is 6.79. The van der Waals surface area contributed by atoms with Gasteiger partial charge in [0.2, 0.25) is 11.8 Å². The van der Waals surface area contributed by atoms with Crippen LogP contribution in [-0.4, -0.2) is 30.8 Å². The molecular weight excluding hydrogens is 361 g/mol. The van der Waals surface area contributed by atoms with E-state index in [-0.39, 0.29) is 36.4 Å². The topological polar surface area (TPSA) is 78.5 Å². The maximum Gasteiger partial charge on any atom is 0.251 e. The molecular formula is C21H22FN3O3. The van der Waals surface area contributed by atoms with Gasteiger partial charge in [-0.25, -0.2) is 4.39 Å². The van der Waals surface area contributed by atoms with Crippen molar-refractivity contribution in [3.05, 3.63) is 59.4 Å². The second kappa shape index (κ2) is 8.21. The van der Waals surface area contributed by atoms with Crippen LogP contribution in [0.4, 0.5) is 15.8 Å². The number of rotatable bonds is 5. The first kappa shape index (κ1) is 19.5. The lowest BCUT2D eigenvalue weighted by molar-refractivity contribution is -0.122. The van der Waals surface area contributed by atoms with E-state index in [0.717, 1.165) is 5.56 Å². The predicted molar refractivity (Wildman–Crippen MR) is 105 cm³/mol. The van der Waals surface area contributed by atoms with Crippen LogP contribution in [0.5, 0.6) is 0 Å². The molecule has 2 aromatic carbocycles. The zero-order chi connectivity index (χ0) is 20.3.